The summed E-state index contributed by atoms with van der Waals surface area (Å²) in [5, 5.41) is 18.8. The summed E-state index contributed by atoms with van der Waals surface area (Å²) in [6.45, 7) is 2.72. The van der Waals surface area contributed by atoms with Crippen LogP contribution in [-0.2, 0) is 46.3 Å². The largest absolute Gasteiger partial charge is 0.493 e. The van der Waals surface area contributed by atoms with E-state index >= 15 is 0 Å². The lowest BCUT2D eigenvalue weighted by molar-refractivity contribution is -0.157. The standard InChI is InChI=1S/C59H71N5O17/c1-7-40(38-31-47(76-4)54(78-6)48(32-38)77-5)56(69)63-24-10-16-41(53(63)59(72)73)37(28-36-18-20-44(74-2)46(30-36)75-3)27-35-13-8-14-39(29-35)80-33-50(66)60-22-11-25-79-26-12-23-61-51(67)34-81-45-17-9-15-42-52(45)58(71)64(57(42)70)43-19-21-49(65)62-55(43)68/h8-9,13-15,17-18,20,29-32,37,40-41,43,53H,7,10-12,16,19,21-28,33-34H2,1-6H3,(H,60,66)(H,61,67)(H,72,73)(H,62,65,68)/t37?,40-,41?,43?,53-/m0/s1. The van der Waals surface area contributed by atoms with Gasteiger partial charge in [0, 0.05) is 39.3 Å². The monoisotopic (exact) mass is 1120 g/mol. The zero-order valence-electron chi connectivity index (χ0n) is 46.5. The predicted octanol–water partition coefficient (Wildman–Crippen LogP) is 4.90. The summed E-state index contributed by atoms with van der Waals surface area (Å²) in [7, 11) is 7.61. The van der Waals surface area contributed by atoms with Crippen molar-refractivity contribution in [2.75, 3.05) is 81.6 Å². The highest BCUT2D eigenvalue weighted by molar-refractivity contribution is 6.24. The first-order valence-corrected chi connectivity index (χ1v) is 27.0. The Morgan fingerprint density at radius 3 is 1.96 bits per heavy atom. The maximum Gasteiger partial charge on any atom is 0.326 e. The number of hydrogen-bond donors (Lipinski definition) is 4. The Bertz CT molecular complexity index is 2920. The maximum absolute atomic E-state index is 14.7. The summed E-state index contributed by atoms with van der Waals surface area (Å²) in [5.74, 6) is -3.57. The summed E-state index contributed by atoms with van der Waals surface area (Å²) in [5.41, 5.74) is 2.35. The number of ether oxygens (including phenoxy) is 8. The first-order valence-electron chi connectivity index (χ1n) is 27.0. The molecular weight excluding hydrogens is 1050 g/mol. The third-order valence-corrected chi connectivity index (χ3v) is 14.7. The molecule has 0 aromatic heterocycles. The first-order chi connectivity index (χ1) is 39.1. The van der Waals surface area contributed by atoms with Gasteiger partial charge in [0.15, 0.2) is 36.2 Å². The number of amides is 7. The Morgan fingerprint density at radius 2 is 1.35 bits per heavy atom. The van der Waals surface area contributed by atoms with Crippen LogP contribution in [0.25, 0.3) is 0 Å². The number of imide groups is 2. The third kappa shape index (κ3) is 14.7. The highest BCUT2D eigenvalue weighted by Crippen LogP contribution is 2.43. The number of hydrogen-bond acceptors (Lipinski definition) is 16. The van der Waals surface area contributed by atoms with Crippen LogP contribution in [0.4, 0.5) is 0 Å². The van der Waals surface area contributed by atoms with Crippen LogP contribution in [-0.4, -0.2) is 156 Å². The van der Waals surface area contributed by atoms with E-state index in [0.29, 0.717) is 105 Å². The Morgan fingerprint density at radius 1 is 0.704 bits per heavy atom. The van der Waals surface area contributed by atoms with Crippen LogP contribution in [0.2, 0.25) is 0 Å². The third-order valence-electron chi connectivity index (χ3n) is 14.7. The maximum atomic E-state index is 14.7. The van der Waals surface area contributed by atoms with Gasteiger partial charge in [0.25, 0.3) is 23.6 Å². The van der Waals surface area contributed by atoms with Crippen molar-refractivity contribution < 1.29 is 81.4 Å². The molecule has 2 fully saturated rings. The normalized spacial score (nSPS) is 17.5. The minimum absolute atomic E-state index is 0.00972. The van der Waals surface area contributed by atoms with Crippen molar-refractivity contribution in [3.05, 3.63) is 101 Å². The van der Waals surface area contributed by atoms with E-state index in [9.17, 15) is 43.5 Å². The van der Waals surface area contributed by atoms with Gasteiger partial charge in [-0.3, -0.25) is 43.8 Å². The van der Waals surface area contributed by atoms with Crippen LogP contribution in [0.1, 0.15) is 95.2 Å². The highest BCUT2D eigenvalue weighted by Gasteiger charge is 2.47. The molecule has 4 aromatic rings. The van der Waals surface area contributed by atoms with Gasteiger partial charge in [-0.05, 0) is 128 Å². The molecule has 3 aliphatic rings. The van der Waals surface area contributed by atoms with E-state index in [2.05, 4.69) is 16.0 Å². The van der Waals surface area contributed by atoms with Crippen LogP contribution < -0.4 is 49.1 Å². The van der Waals surface area contributed by atoms with E-state index in [1.165, 1.54) is 44.4 Å². The summed E-state index contributed by atoms with van der Waals surface area (Å²) in [6.07, 6.45) is 3.41. The van der Waals surface area contributed by atoms with Crippen LogP contribution in [0.3, 0.4) is 0 Å². The van der Waals surface area contributed by atoms with Crippen molar-refractivity contribution in [2.45, 2.75) is 82.7 Å². The zero-order chi connectivity index (χ0) is 58.2. The number of carboxylic acid groups (broad SMARTS) is 1. The molecule has 0 spiro atoms. The van der Waals surface area contributed by atoms with Gasteiger partial charge in [-0.15, -0.1) is 0 Å². The van der Waals surface area contributed by atoms with E-state index in [1.54, 1.807) is 32.4 Å². The molecule has 7 rings (SSSR count). The molecule has 7 amide bonds. The van der Waals surface area contributed by atoms with Gasteiger partial charge in [0.05, 0.1) is 52.6 Å². The Kier molecular flexibility index (Phi) is 21.3. The molecule has 22 nitrogen and oxygen atoms in total. The lowest BCUT2D eigenvalue weighted by Gasteiger charge is -2.43. The zero-order valence-corrected chi connectivity index (χ0v) is 46.5. The van der Waals surface area contributed by atoms with E-state index in [1.807, 2.05) is 43.3 Å². The van der Waals surface area contributed by atoms with Crippen LogP contribution in [0.5, 0.6) is 40.2 Å². The van der Waals surface area contributed by atoms with Crippen LogP contribution >= 0.6 is 0 Å². The van der Waals surface area contributed by atoms with E-state index < -0.39 is 66.0 Å². The number of aliphatic carboxylic acids is 1. The lowest BCUT2D eigenvalue weighted by atomic mass is 9.73. The summed E-state index contributed by atoms with van der Waals surface area (Å²) >= 11 is 0. The molecule has 3 heterocycles. The molecule has 0 bridgehead atoms. The molecule has 0 aliphatic carbocycles. The topological polar surface area (TPSA) is 273 Å². The van der Waals surface area contributed by atoms with Crippen molar-refractivity contribution in [1.29, 1.82) is 0 Å². The average Bonchev–Trinajstić information content (AvgIpc) is 3.86. The molecule has 3 aliphatic heterocycles. The van der Waals surface area contributed by atoms with Gasteiger partial charge in [-0.2, -0.15) is 0 Å². The molecule has 3 unspecified atom stereocenters. The molecule has 4 N–H and O–H groups in total. The fourth-order valence-electron chi connectivity index (χ4n) is 10.8. The Labute approximate surface area is 470 Å². The number of benzene rings is 4. The second-order valence-corrected chi connectivity index (χ2v) is 19.8. The number of rotatable bonds is 29. The van der Waals surface area contributed by atoms with Crippen LogP contribution in [0, 0.1) is 11.8 Å². The summed E-state index contributed by atoms with van der Waals surface area (Å²) < 4.78 is 45.1. The van der Waals surface area contributed by atoms with Crippen molar-refractivity contribution >= 4 is 47.3 Å². The predicted molar refractivity (Wildman–Crippen MR) is 292 cm³/mol. The van der Waals surface area contributed by atoms with E-state index in [-0.39, 0.29) is 67.1 Å². The van der Waals surface area contributed by atoms with Gasteiger partial charge < -0.3 is 58.5 Å². The molecule has 22 heteroatoms. The lowest BCUT2D eigenvalue weighted by Crippen LogP contribution is -2.56. The molecule has 0 radical (unpaired) electrons. The highest BCUT2D eigenvalue weighted by atomic mass is 16.5. The van der Waals surface area contributed by atoms with E-state index in [4.69, 9.17) is 37.9 Å². The Hall–Kier alpha value is -8.40. The molecule has 2 saturated heterocycles. The van der Waals surface area contributed by atoms with Crippen molar-refractivity contribution in [2.24, 2.45) is 11.8 Å². The number of nitrogens with zero attached hydrogens (tertiary/aromatic N) is 2. The van der Waals surface area contributed by atoms with Gasteiger partial charge in [0.1, 0.15) is 23.6 Å². The summed E-state index contributed by atoms with van der Waals surface area (Å²) in [6, 6.07) is 18.6. The number of carbonyl (C=O) groups excluding carboxylic acids is 7. The number of fused-ring (bicyclic) bond motifs is 1. The average molecular weight is 1120 g/mol. The van der Waals surface area contributed by atoms with Crippen LogP contribution in [0.15, 0.2) is 72.8 Å². The SMILES string of the molecule is CC[C@H](C(=O)N1CCCC(C(Cc2cccc(OCC(=O)NCCCOCCCNC(=O)COc3cccc4c3C(=O)N(C3CCC(=O)NC3=O)C4=O)c2)Cc2ccc(OC)c(OC)c2)[C@H]1C(=O)O)c1cc(OC)c(OC)c(OC)c1. The Balaban J connectivity index is 0.880. The minimum atomic E-state index is -1.14. The van der Waals surface area contributed by atoms with Crippen molar-refractivity contribution in [3.63, 3.8) is 0 Å². The molecule has 434 valence electrons. The van der Waals surface area contributed by atoms with E-state index in [0.717, 1.165) is 16.0 Å². The van der Waals surface area contributed by atoms with Crippen molar-refractivity contribution in [1.82, 2.24) is 25.8 Å². The number of likely N-dealkylation sites (tertiary alicyclic amines) is 1. The fraction of sp³-hybridized carbons (Fsp3) is 0.458. The molecule has 4 aromatic carbocycles. The number of carbonyl (C=O) groups is 8. The van der Waals surface area contributed by atoms with Gasteiger partial charge >= 0.3 is 5.97 Å². The smallest absolute Gasteiger partial charge is 0.326 e. The van der Waals surface area contributed by atoms with Gasteiger partial charge in [0.2, 0.25) is 23.5 Å². The summed E-state index contributed by atoms with van der Waals surface area (Å²) in [4.78, 5) is 107. The quantitative estimate of drug-likeness (QED) is 0.0416. The second-order valence-electron chi connectivity index (χ2n) is 19.8. The number of nitrogens with one attached hydrogen (secondary N) is 3. The number of piperidine rings is 2. The van der Waals surface area contributed by atoms with Gasteiger partial charge in [-0.25, -0.2) is 4.79 Å². The molecule has 81 heavy (non-hydrogen) atoms. The molecule has 0 saturated carbocycles. The molecular formula is C59H71N5O17. The molecule has 5 atom stereocenters. The second kappa shape index (κ2) is 28.7. The minimum Gasteiger partial charge on any atom is -0.493 e. The number of methoxy groups -OCH3 is 5. The van der Waals surface area contributed by atoms with Crippen molar-refractivity contribution in [3.8, 4) is 40.2 Å². The first kappa shape index (κ1) is 60.2. The fourth-order valence-corrected chi connectivity index (χ4v) is 10.8. The number of carboxylic acids is 1. The van der Waals surface area contributed by atoms with Gasteiger partial charge in [-0.1, -0.05) is 31.2 Å².